The van der Waals surface area contributed by atoms with Gasteiger partial charge in [-0.1, -0.05) is 24.4 Å². The van der Waals surface area contributed by atoms with E-state index in [0.29, 0.717) is 10.4 Å². The summed E-state index contributed by atoms with van der Waals surface area (Å²) in [5.74, 6) is 0. The van der Waals surface area contributed by atoms with Gasteiger partial charge < -0.3 is 0 Å². The Kier molecular flexibility index (Phi) is 4.26. The van der Waals surface area contributed by atoms with E-state index in [4.69, 9.17) is 11.6 Å². The fourth-order valence-corrected chi connectivity index (χ4v) is 3.76. The van der Waals surface area contributed by atoms with Crippen LogP contribution in [0.3, 0.4) is 0 Å². The molecule has 0 aliphatic heterocycles. The summed E-state index contributed by atoms with van der Waals surface area (Å²) in [4.78, 5) is 0.992. The molecule has 5 heteroatoms. The minimum absolute atomic E-state index is 0.225. The number of nitriles is 1. The van der Waals surface area contributed by atoms with Crippen LogP contribution in [-0.2, 0) is 0 Å². The molecule has 1 N–H and O–H groups in total. The largest absolute Gasteiger partial charge is 0.295 e. The van der Waals surface area contributed by atoms with Crippen LogP contribution in [0.15, 0.2) is 10.5 Å². The molecular formula is C11H12BrClN2S. The standard InChI is InChI=1S/C11H12BrClN2S/c12-8-5-10(16-11(8)13)9(6-14)15-7-3-1-2-4-7/h5,7,9,15H,1-4H2. The number of nitrogens with zero attached hydrogens (tertiary/aromatic N) is 1. The van der Waals surface area contributed by atoms with Gasteiger partial charge in [0, 0.05) is 15.4 Å². The summed E-state index contributed by atoms with van der Waals surface area (Å²) in [6.07, 6.45) is 4.90. The van der Waals surface area contributed by atoms with Crippen molar-refractivity contribution in [3.05, 3.63) is 19.8 Å². The van der Waals surface area contributed by atoms with Crippen LogP contribution < -0.4 is 5.32 Å². The fourth-order valence-electron chi connectivity index (χ4n) is 2.02. The Bertz CT molecular complexity index is 387. The lowest BCUT2D eigenvalue weighted by molar-refractivity contribution is 0.496. The van der Waals surface area contributed by atoms with Crippen LogP contribution in [0.1, 0.15) is 36.6 Å². The van der Waals surface area contributed by atoms with Gasteiger partial charge in [0.05, 0.1) is 6.07 Å². The molecule has 1 unspecified atom stereocenters. The van der Waals surface area contributed by atoms with Gasteiger partial charge in [0.15, 0.2) is 0 Å². The Morgan fingerprint density at radius 3 is 2.75 bits per heavy atom. The normalized spacial score (nSPS) is 18.6. The van der Waals surface area contributed by atoms with Crippen molar-refractivity contribution in [1.29, 1.82) is 5.26 Å². The average Bonchev–Trinajstić information content (AvgIpc) is 2.86. The van der Waals surface area contributed by atoms with Gasteiger partial charge >= 0.3 is 0 Å². The van der Waals surface area contributed by atoms with E-state index < -0.39 is 0 Å². The molecule has 0 spiro atoms. The Labute approximate surface area is 113 Å². The first-order valence-corrected chi connectivity index (χ1v) is 7.30. The highest BCUT2D eigenvalue weighted by Gasteiger charge is 2.21. The first kappa shape index (κ1) is 12.4. The molecular weight excluding hydrogens is 308 g/mol. The Morgan fingerprint density at radius 1 is 1.56 bits per heavy atom. The molecule has 0 aromatic carbocycles. The number of thiophene rings is 1. The molecule has 1 fully saturated rings. The molecule has 1 aliphatic carbocycles. The van der Waals surface area contributed by atoms with Crippen LogP contribution in [0.5, 0.6) is 0 Å². The molecule has 1 aromatic heterocycles. The maximum Gasteiger partial charge on any atom is 0.130 e. The second-order valence-corrected chi connectivity index (χ2v) is 6.52. The van der Waals surface area contributed by atoms with E-state index in [0.717, 1.165) is 9.35 Å². The fraction of sp³-hybridized carbons (Fsp3) is 0.545. The number of halogens is 2. The zero-order chi connectivity index (χ0) is 11.5. The molecule has 1 aliphatic rings. The van der Waals surface area contributed by atoms with Crippen molar-refractivity contribution in [3.8, 4) is 6.07 Å². The Hall–Kier alpha value is -0.0800. The monoisotopic (exact) mass is 318 g/mol. The number of hydrogen-bond donors (Lipinski definition) is 1. The van der Waals surface area contributed by atoms with Gasteiger partial charge in [-0.3, -0.25) is 5.32 Å². The van der Waals surface area contributed by atoms with Crippen LogP contribution >= 0.6 is 38.9 Å². The molecule has 0 bridgehead atoms. The van der Waals surface area contributed by atoms with Crippen molar-refractivity contribution >= 4 is 38.9 Å². The Balaban J connectivity index is 2.07. The minimum atomic E-state index is -0.225. The van der Waals surface area contributed by atoms with Crippen molar-refractivity contribution in [2.75, 3.05) is 0 Å². The molecule has 0 amide bonds. The number of hydrogen-bond acceptors (Lipinski definition) is 3. The van der Waals surface area contributed by atoms with Crippen molar-refractivity contribution in [1.82, 2.24) is 5.32 Å². The van der Waals surface area contributed by atoms with Crippen molar-refractivity contribution in [3.63, 3.8) is 0 Å². The second kappa shape index (κ2) is 5.50. The van der Waals surface area contributed by atoms with E-state index in [2.05, 4.69) is 27.3 Å². The highest BCUT2D eigenvalue weighted by atomic mass is 79.9. The highest BCUT2D eigenvalue weighted by molar-refractivity contribution is 9.10. The first-order valence-electron chi connectivity index (χ1n) is 5.31. The van der Waals surface area contributed by atoms with Crippen molar-refractivity contribution in [2.45, 2.75) is 37.8 Å². The van der Waals surface area contributed by atoms with Gasteiger partial charge in [-0.25, -0.2) is 0 Å². The quantitative estimate of drug-likeness (QED) is 0.903. The molecule has 2 nitrogen and oxygen atoms in total. The third-order valence-corrected chi connectivity index (χ3v) is 5.37. The van der Waals surface area contributed by atoms with Crippen LogP contribution in [0, 0.1) is 11.3 Å². The molecule has 1 heterocycles. The van der Waals surface area contributed by atoms with Gasteiger partial charge in [-0.15, -0.1) is 11.3 Å². The second-order valence-electron chi connectivity index (χ2n) is 3.98. The van der Waals surface area contributed by atoms with Crippen molar-refractivity contribution < 1.29 is 0 Å². The summed E-state index contributed by atoms with van der Waals surface area (Å²) in [6, 6.07) is 4.50. The van der Waals surface area contributed by atoms with Crippen LogP contribution in [0.4, 0.5) is 0 Å². The van der Waals surface area contributed by atoms with Gasteiger partial charge in [0.25, 0.3) is 0 Å². The summed E-state index contributed by atoms with van der Waals surface area (Å²) >= 11 is 10.8. The van der Waals surface area contributed by atoms with E-state index in [1.807, 2.05) is 6.07 Å². The van der Waals surface area contributed by atoms with Crippen LogP contribution in [-0.4, -0.2) is 6.04 Å². The maximum absolute atomic E-state index is 9.18. The molecule has 86 valence electrons. The predicted octanol–water partition coefficient (Wildman–Crippen LogP) is 4.26. The third kappa shape index (κ3) is 2.78. The van der Waals surface area contributed by atoms with E-state index >= 15 is 0 Å². The lowest BCUT2D eigenvalue weighted by Crippen LogP contribution is -2.29. The lowest BCUT2D eigenvalue weighted by Gasteiger charge is -2.15. The molecule has 16 heavy (non-hydrogen) atoms. The van der Waals surface area contributed by atoms with E-state index in [9.17, 15) is 5.26 Å². The SMILES string of the molecule is N#CC(NC1CCCC1)c1cc(Br)c(Cl)s1. The third-order valence-electron chi connectivity index (χ3n) is 2.84. The molecule has 1 aromatic rings. The summed E-state index contributed by atoms with van der Waals surface area (Å²) in [6.45, 7) is 0. The van der Waals surface area contributed by atoms with Gasteiger partial charge in [-0.05, 0) is 34.8 Å². The summed E-state index contributed by atoms with van der Waals surface area (Å²) < 4.78 is 1.59. The van der Waals surface area contributed by atoms with Gasteiger partial charge in [0.2, 0.25) is 0 Å². The van der Waals surface area contributed by atoms with E-state index in [1.165, 1.54) is 37.0 Å². The van der Waals surface area contributed by atoms with Gasteiger partial charge in [-0.2, -0.15) is 5.26 Å². The number of rotatable bonds is 3. The average molecular weight is 320 g/mol. The summed E-state index contributed by atoms with van der Waals surface area (Å²) in [5, 5.41) is 12.6. The maximum atomic E-state index is 9.18. The zero-order valence-electron chi connectivity index (χ0n) is 8.67. The summed E-state index contributed by atoms with van der Waals surface area (Å²) in [5.41, 5.74) is 0. The minimum Gasteiger partial charge on any atom is -0.295 e. The summed E-state index contributed by atoms with van der Waals surface area (Å²) in [7, 11) is 0. The predicted molar refractivity (Wildman–Crippen MR) is 70.8 cm³/mol. The van der Waals surface area contributed by atoms with Crippen LogP contribution in [0.25, 0.3) is 0 Å². The van der Waals surface area contributed by atoms with Gasteiger partial charge in [0.1, 0.15) is 10.4 Å². The Morgan fingerprint density at radius 2 is 2.25 bits per heavy atom. The molecule has 1 atom stereocenters. The molecule has 2 rings (SSSR count). The number of nitrogens with one attached hydrogen (secondary N) is 1. The first-order chi connectivity index (χ1) is 7.70. The highest BCUT2D eigenvalue weighted by Crippen LogP contribution is 2.35. The molecule has 0 saturated heterocycles. The lowest BCUT2D eigenvalue weighted by atomic mass is 10.2. The molecule has 0 radical (unpaired) electrons. The van der Waals surface area contributed by atoms with Crippen LogP contribution in [0.2, 0.25) is 4.34 Å². The van der Waals surface area contributed by atoms with E-state index in [1.54, 1.807) is 0 Å². The van der Waals surface area contributed by atoms with Crippen molar-refractivity contribution in [2.24, 2.45) is 0 Å². The topological polar surface area (TPSA) is 35.8 Å². The smallest absolute Gasteiger partial charge is 0.130 e. The molecule has 1 saturated carbocycles. The zero-order valence-corrected chi connectivity index (χ0v) is 11.8. The van der Waals surface area contributed by atoms with E-state index in [-0.39, 0.29) is 6.04 Å².